The van der Waals surface area contributed by atoms with Crippen LogP contribution in [0.1, 0.15) is 17.0 Å². The maximum atomic E-state index is 6.19. The molecule has 0 aliphatic heterocycles. The van der Waals surface area contributed by atoms with E-state index in [1.165, 1.54) is 5.56 Å². The summed E-state index contributed by atoms with van der Waals surface area (Å²) in [7, 11) is 0. The van der Waals surface area contributed by atoms with E-state index in [0.717, 1.165) is 10.6 Å². The normalized spacial score (nSPS) is 12.4. The quantitative estimate of drug-likeness (QED) is 0.693. The van der Waals surface area contributed by atoms with Gasteiger partial charge in [-0.05, 0) is 17.2 Å². The van der Waals surface area contributed by atoms with E-state index < -0.39 is 0 Å². The summed E-state index contributed by atoms with van der Waals surface area (Å²) in [6.45, 7) is 0. The molecule has 0 aromatic heterocycles. The van der Waals surface area contributed by atoms with Crippen LogP contribution in [0.25, 0.3) is 0 Å². The molecule has 0 nitrogen and oxygen atoms in total. The third-order valence-corrected chi connectivity index (χ3v) is 3.29. The molecule has 0 fully saturated rings. The fourth-order valence-electron chi connectivity index (χ4n) is 1.79. The van der Waals surface area contributed by atoms with E-state index in [0.29, 0.717) is 5.88 Å². The molecule has 0 saturated heterocycles. The Labute approximate surface area is 106 Å². The van der Waals surface area contributed by atoms with Crippen molar-refractivity contribution < 1.29 is 0 Å². The second-order valence-electron chi connectivity index (χ2n) is 3.64. The van der Waals surface area contributed by atoms with E-state index in [1.807, 2.05) is 42.5 Å². The first-order valence-corrected chi connectivity index (χ1v) is 6.09. The van der Waals surface area contributed by atoms with Crippen LogP contribution in [-0.2, 0) is 0 Å². The van der Waals surface area contributed by atoms with Crippen molar-refractivity contribution in [2.45, 2.75) is 5.92 Å². The summed E-state index contributed by atoms with van der Waals surface area (Å²) < 4.78 is 0. The van der Waals surface area contributed by atoms with Crippen molar-refractivity contribution in [2.75, 3.05) is 5.88 Å². The van der Waals surface area contributed by atoms with Crippen LogP contribution in [0.3, 0.4) is 0 Å². The summed E-state index contributed by atoms with van der Waals surface area (Å²) in [4.78, 5) is 0. The highest BCUT2D eigenvalue weighted by Crippen LogP contribution is 2.30. The second-order valence-corrected chi connectivity index (χ2v) is 4.35. The lowest BCUT2D eigenvalue weighted by atomic mass is 9.93. The highest BCUT2D eigenvalue weighted by molar-refractivity contribution is 6.31. The topological polar surface area (TPSA) is 0 Å². The van der Waals surface area contributed by atoms with Crippen LogP contribution < -0.4 is 0 Å². The van der Waals surface area contributed by atoms with Gasteiger partial charge in [0.1, 0.15) is 0 Å². The standard InChI is InChI=1S/C14H12Cl2/c15-10-13(11-6-2-1-3-7-11)12-8-4-5-9-14(12)16/h1-9,13H,10H2. The van der Waals surface area contributed by atoms with Gasteiger partial charge in [-0.1, -0.05) is 60.1 Å². The van der Waals surface area contributed by atoms with Crippen LogP contribution in [0.4, 0.5) is 0 Å². The molecule has 1 unspecified atom stereocenters. The van der Waals surface area contributed by atoms with Gasteiger partial charge in [-0.25, -0.2) is 0 Å². The monoisotopic (exact) mass is 250 g/mol. The lowest BCUT2D eigenvalue weighted by molar-refractivity contribution is 0.931. The van der Waals surface area contributed by atoms with Gasteiger partial charge in [0, 0.05) is 16.8 Å². The molecule has 0 bridgehead atoms. The number of hydrogen-bond donors (Lipinski definition) is 0. The van der Waals surface area contributed by atoms with E-state index >= 15 is 0 Å². The van der Waals surface area contributed by atoms with Crippen molar-refractivity contribution in [1.29, 1.82) is 0 Å². The summed E-state index contributed by atoms with van der Waals surface area (Å²) in [5, 5.41) is 0.775. The predicted octanol–water partition coefficient (Wildman–Crippen LogP) is 4.71. The van der Waals surface area contributed by atoms with Gasteiger partial charge >= 0.3 is 0 Å². The molecule has 0 aliphatic carbocycles. The summed E-state index contributed by atoms with van der Waals surface area (Å²) in [6, 6.07) is 18.1. The first-order chi connectivity index (χ1) is 7.83. The average molecular weight is 251 g/mol. The van der Waals surface area contributed by atoms with Gasteiger partial charge in [0.15, 0.2) is 0 Å². The van der Waals surface area contributed by atoms with Crippen molar-refractivity contribution in [3.63, 3.8) is 0 Å². The van der Waals surface area contributed by atoms with Crippen molar-refractivity contribution in [3.05, 3.63) is 70.7 Å². The zero-order valence-corrected chi connectivity index (χ0v) is 10.2. The van der Waals surface area contributed by atoms with Crippen LogP contribution in [0, 0.1) is 0 Å². The number of alkyl halides is 1. The Balaban J connectivity index is 2.41. The molecular weight excluding hydrogens is 239 g/mol. The number of benzene rings is 2. The highest BCUT2D eigenvalue weighted by atomic mass is 35.5. The summed E-state index contributed by atoms with van der Waals surface area (Å²) in [5.74, 6) is 0.699. The van der Waals surface area contributed by atoms with E-state index in [2.05, 4.69) is 12.1 Å². The molecule has 0 N–H and O–H groups in total. The smallest absolute Gasteiger partial charge is 0.0444 e. The fourth-order valence-corrected chi connectivity index (χ4v) is 2.41. The van der Waals surface area contributed by atoms with Crippen molar-refractivity contribution >= 4 is 23.2 Å². The molecule has 0 radical (unpaired) electrons. The summed E-state index contributed by atoms with van der Waals surface area (Å²) in [5.41, 5.74) is 2.29. The molecule has 2 heteroatoms. The van der Waals surface area contributed by atoms with Crippen LogP contribution in [0.2, 0.25) is 5.02 Å². The van der Waals surface area contributed by atoms with E-state index in [4.69, 9.17) is 23.2 Å². The molecule has 0 amide bonds. The third kappa shape index (κ3) is 2.40. The van der Waals surface area contributed by atoms with E-state index in [9.17, 15) is 0 Å². The van der Waals surface area contributed by atoms with Crippen molar-refractivity contribution in [1.82, 2.24) is 0 Å². The van der Waals surface area contributed by atoms with E-state index in [-0.39, 0.29) is 5.92 Å². The number of halogens is 2. The van der Waals surface area contributed by atoms with Crippen LogP contribution in [-0.4, -0.2) is 5.88 Å². The predicted molar refractivity (Wildman–Crippen MR) is 70.5 cm³/mol. The molecule has 82 valence electrons. The minimum Gasteiger partial charge on any atom is -0.126 e. The lowest BCUT2D eigenvalue weighted by Gasteiger charge is -2.16. The third-order valence-electron chi connectivity index (χ3n) is 2.64. The van der Waals surface area contributed by atoms with Crippen LogP contribution >= 0.6 is 23.2 Å². The summed E-state index contributed by atoms with van der Waals surface area (Å²) in [6.07, 6.45) is 0. The van der Waals surface area contributed by atoms with Gasteiger partial charge in [-0.2, -0.15) is 0 Å². The van der Waals surface area contributed by atoms with Crippen molar-refractivity contribution in [2.24, 2.45) is 0 Å². The zero-order chi connectivity index (χ0) is 11.4. The molecule has 1 atom stereocenters. The molecule has 0 heterocycles. The molecule has 16 heavy (non-hydrogen) atoms. The Hall–Kier alpha value is -0.980. The fraction of sp³-hybridized carbons (Fsp3) is 0.143. The van der Waals surface area contributed by atoms with Crippen LogP contribution in [0.15, 0.2) is 54.6 Å². The Morgan fingerprint density at radius 1 is 0.875 bits per heavy atom. The van der Waals surface area contributed by atoms with Crippen LogP contribution in [0.5, 0.6) is 0 Å². The maximum Gasteiger partial charge on any atom is 0.0444 e. The van der Waals surface area contributed by atoms with Gasteiger partial charge in [0.2, 0.25) is 0 Å². The molecule has 2 aromatic rings. The number of hydrogen-bond acceptors (Lipinski definition) is 0. The molecule has 0 spiro atoms. The molecule has 0 aliphatic rings. The number of rotatable bonds is 3. The van der Waals surface area contributed by atoms with Gasteiger partial charge in [0.05, 0.1) is 0 Å². The molecule has 2 aromatic carbocycles. The largest absolute Gasteiger partial charge is 0.126 e. The minimum atomic E-state index is 0.163. The van der Waals surface area contributed by atoms with Gasteiger partial charge < -0.3 is 0 Å². The lowest BCUT2D eigenvalue weighted by Crippen LogP contribution is -2.03. The SMILES string of the molecule is ClCC(c1ccccc1)c1ccccc1Cl. The summed E-state index contributed by atoms with van der Waals surface area (Å²) >= 11 is 12.2. The first kappa shape index (κ1) is 11.5. The van der Waals surface area contributed by atoms with Crippen molar-refractivity contribution in [3.8, 4) is 0 Å². The second kappa shape index (κ2) is 5.38. The maximum absolute atomic E-state index is 6.19. The zero-order valence-electron chi connectivity index (χ0n) is 8.74. The van der Waals surface area contributed by atoms with Gasteiger partial charge in [-0.15, -0.1) is 11.6 Å². The molecule has 0 saturated carbocycles. The van der Waals surface area contributed by atoms with Gasteiger partial charge in [-0.3, -0.25) is 0 Å². The molecular formula is C14H12Cl2. The Morgan fingerprint density at radius 2 is 1.50 bits per heavy atom. The Morgan fingerprint density at radius 3 is 2.12 bits per heavy atom. The Bertz CT molecular complexity index is 451. The molecule has 2 rings (SSSR count). The minimum absolute atomic E-state index is 0.163. The van der Waals surface area contributed by atoms with E-state index in [1.54, 1.807) is 0 Å². The average Bonchev–Trinajstić information content (AvgIpc) is 2.34. The first-order valence-electron chi connectivity index (χ1n) is 5.18. The highest BCUT2D eigenvalue weighted by Gasteiger charge is 2.14. The Kier molecular flexibility index (Phi) is 3.87. The van der Waals surface area contributed by atoms with Gasteiger partial charge in [0.25, 0.3) is 0 Å².